The summed E-state index contributed by atoms with van der Waals surface area (Å²) in [5.41, 5.74) is 5.61. The molecule has 3 nitrogen and oxygen atoms in total. The van der Waals surface area contributed by atoms with Crippen molar-refractivity contribution in [3.8, 4) is 6.07 Å². The van der Waals surface area contributed by atoms with Gasteiger partial charge in [-0.3, -0.25) is 4.98 Å². The molecule has 1 aromatic carbocycles. The average Bonchev–Trinajstić information content (AvgIpc) is 2.37. The van der Waals surface area contributed by atoms with Gasteiger partial charge in [-0.05, 0) is 32.4 Å². The molecule has 1 heterocycles. The quantitative estimate of drug-likeness (QED) is 0.908. The highest BCUT2D eigenvalue weighted by Gasteiger charge is 2.07. The van der Waals surface area contributed by atoms with Crippen LogP contribution in [0.25, 0.3) is 0 Å². The second-order valence-electron chi connectivity index (χ2n) is 4.72. The lowest BCUT2D eigenvalue weighted by atomic mass is 10.1. The van der Waals surface area contributed by atoms with Crippen LogP contribution in [0.5, 0.6) is 0 Å². The second-order valence-corrected chi connectivity index (χ2v) is 4.72. The van der Waals surface area contributed by atoms with Gasteiger partial charge in [0.2, 0.25) is 0 Å². The van der Waals surface area contributed by atoms with Gasteiger partial charge < -0.3 is 5.32 Å². The topological polar surface area (TPSA) is 48.7 Å². The Morgan fingerprint density at radius 2 is 1.84 bits per heavy atom. The molecule has 19 heavy (non-hydrogen) atoms. The lowest BCUT2D eigenvalue weighted by Crippen LogP contribution is -2.04. The Balaban J connectivity index is 2.20. The standard InChI is InChI=1S/C16H17N3/c1-11-4-6-14(7-5-11)10-18-16-8-12(2)19-13(3)15(16)9-17/h4-8H,10H2,1-3H3,(H,18,19). The number of nitriles is 1. The monoisotopic (exact) mass is 251 g/mol. The molecular weight excluding hydrogens is 234 g/mol. The molecule has 1 aromatic heterocycles. The molecule has 0 atom stereocenters. The van der Waals surface area contributed by atoms with Gasteiger partial charge >= 0.3 is 0 Å². The van der Waals surface area contributed by atoms with Gasteiger partial charge in [-0.1, -0.05) is 29.8 Å². The molecule has 0 radical (unpaired) electrons. The lowest BCUT2D eigenvalue weighted by Gasteiger charge is -2.11. The molecule has 3 heteroatoms. The Morgan fingerprint density at radius 1 is 1.16 bits per heavy atom. The molecule has 0 bridgehead atoms. The summed E-state index contributed by atoms with van der Waals surface area (Å²) in [7, 11) is 0. The Bertz CT molecular complexity index is 622. The van der Waals surface area contributed by atoms with Gasteiger partial charge in [0.1, 0.15) is 6.07 Å². The minimum absolute atomic E-state index is 0.623. The van der Waals surface area contributed by atoms with Crippen LogP contribution in [0.1, 0.15) is 28.1 Å². The Morgan fingerprint density at radius 3 is 2.47 bits per heavy atom. The van der Waals surface area contributed by atoms with Crippen molar-refractivity contribution in [3.05, 3.63) is 58.4 Å². The van der Waals surface area contributed by atoms with Crippen LogP contribution in [0, 0.1) is 32.1 Å². The van der Waals surface area contributed by atoms with E-state index in [1.807, 2.05) is 19.9 Å². The van der Waals surface area contributed by atoms with Crippen LogP contribution in [0.4, 0.5) is 5.69 Å². The van der Waals surface area contributed by atoms with E-state index in [4.69, 9.17) is 0 Å². The zero-order chi connectivity index (χ0) is 13.8. The van der Waals surface area contributed by atoms with Crippen molar-refractivity contribution in [2.75, 3.05) is 5.32 Å². The van der Waals surface area contributed by atoms with Crippen molar-refractivity contribution < 1.29 is 0 Å². The van der Waals surface area contributed by atoms with Crippen LogP contribution in [0.15, 0.2) is 30.3 Å². The fraction of sp³-hybridized carbons (Fsp3) is 0.250. The average molecular weight is 251 g/mol. The predicted molar refractivity (Wildman–Crippen MR) is 76.9 cm³/mol. The van der Waals surface area contributed by atoms with Crippen molar-refractivity contribution in [1.82, 2.24) is 4.98 Å². The summed E-state index contributed by atoms with van der Waals surface area (Å²) in [5, 5.41) is 12.5. The zero-order valence-corrected chi connectivity index (χ0v) is 11.5. The van der Waals surface area contributed by atoms with Crippen LogP contribution in [-0.4, -0.2) is 4.98 Å². The van der Waals surface area contributed by atoms with Crippen molar-refractivity contribution >= 4 is 5.69 Å². The summed E-state index contributed by atoms with van der Waals surface area (Å²) >= 11 is 0. The van der Waals surface area contributed by atoms with Crippen LogP contribution in [-0.2, 0) is 6.54 Å². The largest absolute Gasteiger partial charge is 0.380 e. The molecule has 96 valence electrons. The molecule has 0 spiro atoms. The lowest BCUT2D eigenvalue weighted by molar-refractivity contribution is 1.08. The molecule has 0 saturated carbocycles. The van der Waals surface area contributed by atoms with E-state index in [1.165, 1.54) is 11.1 Å². The molecule has 2 rings (SSSR count). The predicted octanol–water partition coefficient (Wildman–Crippen LogP) is 3.49. The fourth-order valence-electron chi connectivity index (χ4n) is 2.01. The first-order chi connectivity index (χ1) is 9.10. The van der Waals surface area contributed by atoms with Crippen molar-refractivity contribution in [1.29, 1.82) is 5.26 Å². The second kappa shape index (κ2) is 5.53. The number of nitrogens with one attached hydrogen (secondary N) is 1. The van der Waals surface area contributed by atoms with Crippen LogP contribution < -0.4 is 5.32 Å². The van der Waals surface area contributed by atoms with Gasteiger partial charge in [-0.2, -0.15) is 5.26 Å². The maximum Gasteiger partial charge on any atom is 0.103 e. The minimum Gasteiger partial charge on any atom is -0.380 e. The molecule has 0 aliphatic heterocycles. The van der Waals surface area contributed by atoms with E-state index in [-0.39, 0.29) is 0 Å². The highest BCUT2D eigenvalue weighted by molar-refractivity contribution is 5.60. The number of pyridine rings is 1. The summed E-state index contributed by atoms with van der Waals surface area (Å²) in [6, 6.07) is 12.5. The summed E-state index contributed by atoms with van der Waals surface area (Å²) in [4.78, 5) is 4.31. The highest BCUT2D eigenvalue weighted by atomic mass is 14.9. The Kier molecular flexibility index (Phi) is 3.82. The van der Waals surface area contributed by atoms with E-state index < -0.39 is 0 Å². The smallest absolute Gasteiger partial charge is 0.103 e. The number of nitrogens with zero attached hydrogens (tertiary/aromatic N) is 2. The highest BCUT2D eigenvalue weighted by Crippen LogP contribution is 2.19. The molecule has 0 saturated heterocycles. The van der Waals surface area contributed by atoms with Crippen molar-refractivity contribution in [3.63, 3.8) is 0 Å². The first kappa shape index (κ1) is 13.1. The van der Waals surface area contributed by atoms with E-state index in [2.05, 4.69) is 47.6 Å². The first-order valence-corrected chi connectivity index (χ1v) is 6.28. The summed E-state index contributed by atoms with van der Waals surface area (Å²) in [6.45, 7) is 6.58. The summed E-state index contributed by atoms with van der Waals surface area (Å²) in [6.07, 6.45) is 0. The third-order valence-electron chi connectivity index (χ3n) is 3.04. The molecule has 0 amide bonds. The van der Waals surface area contributed by atoms with E-state index in [1.54, 1.807) is 0 Å². The van der Waals surface area contributed by atoms with Gasteiger partial charge in [0.25, 0.3) is 0 Å². The number of aromatic nitrogens is 1. The van der Waals surface area contributed by atoms with Crippen LogP contribution in [0.2, 0.25) is 0 Å². The van der Waals surface area contributed by atoms with Crippen LogP contribution >= 0.6 is 0 Å². The zero-order valence-electron chi connectivity index (χ0n) is 11.5. The number of hydrogen-bond donors (Lipinski definition) is 1. The van der Waals surface area contributed by atoms with Gasteiger partial charge in [-0.15, -0.1) is 0 Å². The van der Waals surface area contributed by atoms with E-state index in [0.717, 1.165) is 17.1 Å². The van der Waals surface area contributed by atoms with E-state index >= 15 is 0 Å². The number of anilines is 1. The molecule has 0 unspecified atom stereocenters. The molecular formula is C16H17N3. The fourth-order valence-corrected chi connectivity index (χ4v) is 2.01. The van der Waals surface area contributed by atoms with Crippen LogP contribution in [0.3, 0.4) is 0 Å². The molecule has 1 N–H and O–H groups in total. The number of benzene rings is 1. The molecule has 0 aliphatic carbocycles. The van der Waals surface area contributed by atoms with E-state index in [0.29, 0.717) is 12.1 Å². The number of rotatable bonds is 3. The molecule has 2 aromatic rings. The SMILES string of the molecule is Cc1ccc(CNc2cc(C)nc(C)c2C#N)cc1. The normalized spacial score (nSPS) is 10.0. The van der Waals surface area contributed by atoms with Gasteiger partial charge in [0, 0.05) is 12.2 Å². The number of aryl methyl sites for hydroxylation is 3. The first-order valence-electron chi connectivity index (χ1n) is 6.28. The maximum absolute atomic E-state index is 9.19. The Labute approximate surface area is 113 Å². The Hall–Kier alpha value is -2.34. The van der Waals surface area contributed by atoms with Gasteiger partial charge in [0.15, 0.2) is 0 Å². The summed E-state index contributed by atoms with van der Waals surface area (Å²) in [5.74, 6) is 0. The van der Waals surface area contributed by atoms with Gasteiger partial charge in [0.05, 0.1) is 16.9 Å². The molecule has 0 aliphatic rings. The van der Waals surface area contributed by atoms with Gasteiger partial charge in [-0.25, -0.2) is 0 Å². The number of hydrogen-bond acceptors (Lipinski definition) is 3. The minimum atomic E-state index is 0.623. The third kappa shape index (κ3) is 3.11. The van der Waals surface area contributed by atoms with E-state index in [9.17, 15) is 5.26 Å². The molecule has 0 fully saturated rings. The van der Waals surface area contributed by atoms with Crippen molar-refractivity contribution in [2.24, 2.45) is 0 Å². The maximum atomic E-state index is 9.19. The van der Waals surface area contributed by atoms with Crippen molar-refractivity contribution in [2.45, 2.75) is 27.3 Å². The summed E-state index contributed by atoms with van der Waals surface area (Å²) < 4.78 is 0. The third-order valence-corrected chi connectivity index (χ3v) is 3.04.